The Balaban J connectivity index is 1.97. The third kappa shape index (κ3) is 4.62. The van der Waals surface area contributed by atoms with Crippen LogP contribution in [0.15, 0.2) is 35.2 Å². The van der Waals surface area contributed by atoms with E-state index < -0.39 is 22.0 Å². The Kier molecular flexibility index (Phi) is 6.77. The molecule has 26 heavy (non-hydrogen) atoms. The van der Waals surface area contributed by atoms with Crippen molar-refractivity contribution in [2.75, 3.05) is 13.1 Å². The average Bonchev–Trinajstić information content (AvgIpc) is 2.65. The number of benzene rings is 1. The van der Waals surface area contributed by atoms with Crippen LogP contribution in [0, 0.1) is 11.8 Å². The highest BCUT2D eigenvalue weighted by Crippen LogP contribution is 2.24. The van der Waals surface area contributed by atoms with E-state index in [1.807, 2.05) is 6.92 Å². The minimum absolute atomic E-state index is 0.171. The van der Waals surface area contributed by atoms with Gasteiger partial charge in [0.05, 0.1) is 4.90 Å². The van der Waals surface area contributed by atoms with Gasteiger partial charge < -0.3 is 10.4 Å². The summed E-state index contributed by atoms with van der Waals surface area (Å²) in [6.07, 6.45) is 1.40. The minimum atomic E-state index is -3.56. The first-order valence-electron chi connectivity index (χ1n) is 8.85. The molecule has 1 aromatic rings. The molecule has 2 rings (SSSR count). The molecule has 1 amide bonds. The van der Waals surface area contributed by atoms with Crippen molar-refractivity contribution >= 4 is 21.9 Å². The Morgan fingerprint density at radius 1 is 1.23 bits per heavy atom. The highest BCUT2D eigenvalue weighted by Gasteiger charge is 2.34. The van der Waals surface area contributed by atoms with Crippen molar-refractivity contribution in [2.45, 2.75) is 44.0 Å². The molecule has 1 aromatic carbocycles. The van der Waals surface area contributed by atoms with Gasteiger partial charge in [-0.3, -0.25) is 4.79 Å². The SMILES string of the molecule is CC[C@@H](C)[C@@H](NC(=O)C1CCN(S(=O)(=O)c2ccccc2)CC1)C(=O)O. The molecule has 144 valence electrons. The molecule has 0 bridgehead atoms. The van der Waals surface area contributed by atoms with Crippen molar-refractivity contribution in [1.29, 1.82) is 0 Å². The fourth-order valence-electron chi connectivity index (χ4n) is 3.05. The van der Waals surface area contributed by atoms with Crippen LogP contribution >= 0.6 is 0 Å². The third-order valence-corrected chi connectivity index (χ3v) is 6.90. The van der Waals surface area contributed by atoms with Crippen molar-refractivity contribution in [3.05, 3.63) is 30.3 Å². The van der Waals surface area contributed by atoms with Gasteiger partial charge >= 0.3 is 5.97 Å². The maximum absolute atomic E-state index is 12.6. The molecule has 2 N–H and O–H groups in total. The van der Waals surface area contributed by atoms with E-state index in [0.717, 1.165) is 0 Å². The van der Waals surface area contributed by atoms with Gasteiger partial charge in [0, 0.05) is 19.0 Å². The summed E-state index contributed by atoms with van der Waals surface area (Å²) in [7, 11) is -3.56. The van der Waals surface area contributed by atoms with E-state index in [1.54, 1.807) is 37.3 Å². The summed E-state index contributed by atoms with van der Waals surface area (Å²) in [5.74, 6) is -1.90. The lowest BCUT2D eigenvalue weighted by Crippen LogP contribution is -2.49. The Labute approximate surface area is 154 Å². The molecule has 1 aliphatic rings. The number of aliphatic carboxylic acids is 1. The molecule has 0 radical (unpaired) electrons. The van der Waals surface area contributed by atoms with Gasteiger partial charge in [-0.25, -0.2) is 13.2 Å². The molecule has 1 aliphatic heterocycles. The second-order valence-corrected chi connectivity index (χ2v) is 8.64. The normalized spacial score (nSPS) is 18.8. The van der Waals surface area contributed by atoms with Crippen LogP contribution in [0.5, 0.6) is 0 Å². The number of piperidine rings is 1. The monoisotopic (exact) mass is 382 g/mol. The quantitative estimate of drug-likeness (QED) is 0.747. The van der Waals surface area contributed by atoms with Gasteiger partial charge in [0.1, 0.15) is 6.04 Å². The molecule has 1 heterocycles. The van der Waals surface area contributed by atoms with Crippen molar-refractivity contribution < 1.29 is 23.1 Å². The number of sulfonamides is 1. The summed E-state index contributed by atoms with van der Waals surface area (Å²) < 4.78 is 26.6. The summed E-state index contributed by atoms with van der Waals surface area (Å²) in [5, 5.41) is 11.9. The van der Waals surface area contributed by atoms with E-state index in [-0.39, 0.29) is 35.7 Å². The molecule has 2 atom stereocenters. The van der Waals surface area contributed by atoms with Gasteiger partial charge in [-0.05, 0) is 30.9 Å². The van der Waals surface area contributed by atoms with Crippen LogP contribution < -0.4 is 5.32 Å². The van der Waals surface area contributed by atoms with Gasteiger partial charge in [0.25, 0.3) is 0 Å². The fraction of sp³-hybridized carbons (Fsp3) is 0.556. The van der Waals surface area contributed by atoms with Crippen molar-refractivity contribution in [2.24, 2.45) is 11.8 Å². The van der Waals surface area contributed by atoms with Crippen LogP contribution in [0.4, 0.5) is 0 Å². The van der Waals surface area contributed by atoms with E-state index >= 15 is 0 Å². The number of carbonyl (C=O) groups excluding carboxylic acids is 1. The summed E-state index contributed by atoms with van der Waals surface area (Å²) >= 11 is 0. The van der Waals surface area contributed by atoms with E-state index in [4.69, 9.17) is 0 Å². The lowest BCUT2D eigenvalue weighted by Gasteiger charge is -2.31. The van der Waals surface area contributed by atoms with E-state index in [2.05, 4.69) is 5.32 Å². The van der Waals surface area contributed by atoms with Crippen molar-refractivity contribution in [3.63, 3.8) is 0 Å². The van der Waals surface area contributed by atoms with Crippen LogP contribution in [-0.2, 0) is 19.6 Å². The predicted molar refractivity (Wildman–Crippen MR) is 96.9 cm³/mol. The van der Waals surface area contributed by atoms with Gasteiger partial charge in [0.2, 0.25) is 15.9 Å². The molecule has 0 spiro atoms. The summed E-state index contributed by atoms with van der Waals surface area (Å²) in [5.41, 5.74) is 0. The molecule has 0 unspecified atom stereocenters. The number of carbonyl (C=O) groups is 2. The van der Waals surface area contributed by atoms with Gasteiger partial charge in [-0.1, -0.05) is 38.5 Å². The molecule has 1 fully saturated rings. The summed E-state index contributed by atoms with van der Waals surface area (Å²) in [6.45, 7) is 4.15. The van der Waals surface area contributed by atoms with Crippen molar-refractivity contribution in [3.8, 4) is 0 Å². The highest BCUT2D eigenvalue weighted by atomic mass is 32.2. The first kappa shape index (κ1) is 20.4. The zero-order valence-corrected chi connectivity index (χ0v) is 15.9. The van der Waals surface area contributed by atoms with E-state index in [1.165, 1.54) is 4.31 Å². The Morgan fingerprint density at radius 3 is 2.31 bits per heavy atom. The smallest absolute Gasteiger partial charge is 0.326 e. The minimum Gasteiger partial charge on any atom is -0.480 e. The molecular formula is C18H26N2O5S. The number of amides is 1. The summed E-state index contributed by atoms with van der Waals surface area (Å²) in [4.78, 5) is 24.0. The van der Waals surface area contributed by atoms with E-state index in [9.17, 15) is 23.1 Å². The maximum atomic E-state index is 12.6. The van der Waals surface area contributed by atoms with Gasteiger partial charge in [-0.2, -0.15) is 4.31 Å². The number of hydrogen-bond acceptors (Lipinski definition) is 4. The Morgan fingerprint density at radius 2 is 1.81 bits per heavy atom. The van der Waals surface area contributed by atoms with Gasteiger partial charge in [-0.15, -0.1) is 0 Å². The molecule has 0 aromatic heterocycles. The zero-order valence-electron chi connectivity index (χ0n) is 15.1. The van der Waals surface area contributed by atoms with Crippen LogP contribution in [0.1, 0.15) is 33.1 Å². The Bertz CT molecular complexity index is 727. The van der Waals surface area contributed by atoms with Crippen LogP contribution in [0.25, 0.3) is 0 Å². The van der Waals surface area contributed by atoms with Crippen LogP contribution in [-0.4, -0.2) is 48.8 Å². The molecule has 0 saturated carbocycles. The topological polar surface area (TPSA) is 104 Å². The van der Waals surface area contributed by atoms with Crippen LogP contribution in [0.3, 0.4) is 0 Å². The predicted octanol–water partition coefficient (Wildman–Crippen LogP) is 1.70. The number of carboxylic acid groups (broad SMARTS) is 1. The molecule has 7 nitrogen and oxygen atoms in total. The number of hydrogen-bond donors (Lipinski definition) is 2. The molecular weight excluding hydrogens is 356 g/mol. The first-order chi connectivity index (χ1) is 12.3. The van der Waals surface area contributed by atoms with Gasteiger partial charge in [0.15, 0.2) is 0 Å². The number of nitrogens with zero attached hydrogens (tertiary/aromatic N) is 1. The maximum Gasteiger partial charge on any atom is 0.326 e. The Hall–Kier alpha value is -1.93. The largest absolute Gasteiger partial charge is 0.480 e. The second-order valence-electron chi connectivity index (χ2n) is 6.70. The lowest BCUT2D eigenvalue weighted by atomic mass is 9.94. The number of nitrogens with one attached hydrogen (secondary N) is 1. The molecule has 1 saturated heterocycles. The zero-order chi connectivity index (χ0) is 19.3. The van der Waals surface area contributed by atoms with Crippen LogP contribution in [0.2, 0.25) is 0 Å². The molecule has 0 aliphatic carbocycles. The highest BCUT2D eigenvalue weighted by molar-refractivity contribution is 7.89. The number of rotatable bonds is 7. The number of carboxylic acids is 1. The summed E-state index contributed by atoms with van der Waals surface area (Å²) in [6, 6.07) is 7.29. The third-order valence-electron chi connectivity index (χ3n) is 4.98. The fourth-order valence-corrected chi connectivity index (χ4v) is 4.54. The van der Waals surface area contributed by atoms with Crippen molar-refractivity contribution in [1.82, 2.24) is 9.62 Å². The molecule has 8 heteroatoms. The lowest BCUT2D eigenvalue weighted by molar-refractivity contribution is -0.144. The second kappa shape index (κ2) is 8.64. The van der Waals surface area contributed by atoms with E-state index in [0.29, 0.717) is 19.3 Å². The average molecular weight is 382 g/mol. The standard InChI is InChI=1S/C18H26N2O5S/c1-3-13(2)16(18(22)23)19-17(21)14-9-11-20(12-10-14)26(24,25)15-7-5-4-6-8-15/h4-8,13-14,16H,3,9-12H2,1-2H3,(H,19,21)(H,22,23)/t13-,16-/m1/s1. The first-order valence-corrected chi connectivity index (χ1v) is 10.3.